The van der Waals surface area contributed by atoms with Crippen LogP contribution in [0.4, 0.5) is 0 Å². The van der Waals surface area contributed by atoms with Gasteiger partial charge in [-0.2, -0.15) is 63.6 Å². The van der Waals surface area contributed by atoms with Crippen LogP contribution < -0.4 is 0 Å². The molecule has 0 aliphatic heterocycles. The number of allylic oxidation sites excluding steroid dienone is 4. The predicted octanol–water partition coefficient (Wildman–Crippen LogP) is 7.63. The van der Waals surface area contributed by atoms with Crippen molar-refractivity contribution in [2.45, 2.75) is 40.5 Å². The van der Waals surface area contributed by atoms with Crippen LogP contribution in [-0.4, -0.2) is 4.21 Å². The van der Waals surface area contributed by atoms with E-state index in [1.165, 1.54) is 46.5 Å². The van der Waals surface area contributed by atoms with Crippen LogP contribution in [0.15, 0.2) is 60.7 Å². The summed E-state index contributed by atoms with van der Waals surface area (Å²) in [6.45, 7) is 8.00. The minimum absolute atomic E-state index is 0. The van der Waals surface area contributed by atoms with Gasteiger partial charge in [0.1, 0.15) is 0 Å². The fourth-order valence-electron chi connectivity index (χ4n) is 2.34. The van der Waals surface area contributed by atoms with Gasteiger partial charge in [0.25, 0.3) is 0 Å². The summed E-state index contributed by atoms with van der Waals surface area (Å²) < 4.78 is 3.34. The van der Waals surface area contributed by atoms with E-state index in [0.717, 1.165) is 12.8 Å². The molecule has 0 nitrogen and oxygen atoms in total. The number of halogens is 2. The van der Waals surface area contributed by atoms with Crippen molar-refractivity contribution < 1.29 is 24.2 Å². The second-order valence-corrected chi connectivity index (χ2v) is 5.55. The van der Waals surface area contributed by atoms with Crippen molar-refractivity contribution in [3.63, 3.8) is 0 Å². The minimum Gasteiger partial charge on any atom is -0.179 e. The van der Waals surface area contributed by atoms with Crippen LogP contribution in [0.3, 0.4) is 0 Å². The van der Waals surface area contributed by atoms with Crippen molar-refractivity contribution in [3.05, 3.63) is 96.8 Å². The van der Waals surface area contributed by atoms with Crippen LogP contribution in [0.2, 0.25) is 0 Å². The second-order valence-electron chi connectivity index (χ2n) is 5.55. The zero-order chi connectivity index (χ0) is 19.6. The molecule has 0 radical (unpaired) electrons. The van der Waals surface area contributed by atoms with Crippen LogP contribution in [0.1, 0.15) is 45.2 Å². The van der Waals surface area contributed by atoms with Gasteiger partial charge in [0.15, 0.2) is 0 Å². The van der Waals surface area contributed by atoms with E-state index in [1.807, 2.05) is 58.8 Å². The summed E-state index contributed by atoms with van der Waals surface area (Å²) in [5.74, 6) is 0. The topological polar surface area (TPSA) is 0 Å². The first-order valence-electron chi connectivity index (χ1n) is 8.91. The van der Waals surface area contributed by atoms with Crippen molar-refractivity contribution in [1.29, 1.82) is 0 Å². The number of fused-ring (bicyclic) bond motifs is 3. The number of benzene rings is 2. The summed E-state index contributed by atoms with van der Waals surface area (Å²) in [6, 6.07) is 18.1. The van der Waals surface area contributed by atoms with Crippen molar-refractivity contribution >= 4 is 29.0 Å². The normalized spacial score (nSPS) is 10.2. The van der Waals surface area contributed by atoms with Crippen LogP contribution in [0.5, 0.6) is 0 Å². The van der Waals surface area contributed by atoms with E-state index >= 15 is 0 Å². The average Bonchev–Trinajstić information content (AvgIpc) is 3.36. The third-order valence-corrected chi connectivity index (χ3v) is 3.20. The monoisotopic (exact) mass is 492 g/mol. The van der Waals surface area contributed by atoms with E-state index in [2.05, 4.69) is 58.8 Å². The molecule has 2 aliphatic carbocycles. The third-order valence-electron chi connectivity index (χ3n) is 3.20. The molecule has 0 saturated heterocycles. The zero-order valence-electron chi connectivity index (χ0n) is 17.4. The third kappa shape index (κ3) is 12.7. The summed E-state index contributed by atoms with van der Waals surface area (Å²) in [7, 11) is 0. The molecule has 0 bridgehead atoms. The van der Waals surface area contributed by atoms with E-state index in [4.69, 9.17) is 0 Å². The Morgan fingerprint density at radius 1 is 0.893 bits per heavy atom. The Hall–Kier alpha value is -0.747. The maximum absolute atomic E-state index is 3.34. The van der Waals surface area contributed by atoms with Crippen LogP contribution in [0.25, 0.3) is 11.1 Å². The summed E-state index contributed by atoms with van der Waals surface area (Å²) in [5, 5.41) is 0. The Morgan fingerprint density at radius 2 is 1.46 bits per heavy atom. The molecule has 3 heteroatoms. The SMILES string of the molecule is C[CH-]C.C[CH-]C.Cl.Cl.[C-]1=CC=CC1.[CH2]=[Zr].[c-]1cccc2c1Cc1ccccc1-2. The maximum atomic E-state index is 3.34. The van der Waals surface area contributed by atoms with E-state index in [0.29, 0.717) is 0 Å². The van der Waals surface area contributed by atoms with Crippen LogP contribution >= 0.6 is 24.8 Å². The van der Waals surface area contributed by atoms with E-state index in [-0.39, 0.29) is 24.8 Å². The van der Waals surface area contributed by atoms with Gasteiger partial charge in [-0.15, -0.1) is 36.8 Å². The van der Waals surface area contributed by atoms with Crippen molar-refractivity contribution in [3.8, 4) is 11.1 Å². The van der Waals surface area contributed by atoms with Gasteiger partial charge in [-0.05, 0) is 6.42 Å². The van der Waals surface area contributed by atoms with Crippen molar-refractivity contribution in [2.75, 3.05) is 0 Å². The number of hydrogen-bond donors (Lipinski definition) is 0. The first-order chi connectivity index (χ1) is 12.8. The Balaban J connectivity index is -0.000000354. The fraction of sp³-hybridized carbons (Fsp3) is 0.240. The van der Waals surface area contributed by atoms with Gasteiger partial charge >= 0.3 is 28.4 Å². The quantitative estimate of drug-likeness (QED) is 0.282. The van der Waals surface area contributed by atoms with E-state index in [9.17, 15) is 0 Å². The van der Waals surface area contributed by atoms with Gasteiger partial charge in [-0.1, -0.05) is 35.4 Å². The average molecular weight is 495 g/mol. The summed E-state index contributed by atoms with van der Waals surface area (Å²) in [6.07, 6.45) is 15.0. The zero-order valence-corrected chi connectivity index (χ0v) is 21.5. The molecule has 0 amide bonds. The molecule has 0 unspecified atom stereocenters. The molecule has 0 heterocycles. The molecule has 0 fully saturated rings. The summed E-state index contributed by atoms with van der Waals surface area (Å²) in [4.78, 5) is 0. The Labute approximate surface area is 200 Å². The molecule has 2 aliphatic rings. The smallest absolute Gasteiger partial charge is 0.0253 e. The van der Waals surface area contributed by atoms with Gasteiger partial charge in [0.2, 0.25) is 0 Å². The Morgan fingerprint density at radius 3 is 1.96 bits per heavy atom. The first-order valence-corrected chi connectivity index (χ1v) is 10.6. The minimum atomic E-state index is 0. The molecule has 4 rings (SSSR count). The Kier molecular flexibility index (Phi) is 25.7. The summed E-state index contributed by atoms with van der Waals surface area (Å²) >= 11 is 1.30. The van der Waals surface area contributed by atoms with Crippen LogP contribution in [0, 0.1) is 25.0 Å². The number of hydrogen-bond acceptors (Lipinski definition) is 0. The standard InChI is InChI=1S/C13H9.C5H5.2C3H7.CH2.2ClH.Zr/c1-3-7-12-10(5-1)9-11-6-2-4-8-13(11)12;1-2-4-5-3-1;2*1-3-2;;;;/h1-5,7-8H,9H2;1-3H,4H2;2*3H,1-2H3;1H2;2*1H;/q4*-1;;;;. The van der Waals surface area contributed by atoms with E-state index < -0.39 is 0 Å². The molecule has 0 aromatic heterocycles. The van der Waals surface area contributed by atoms with Crippen molar-refractivity contribution in [2.24, 2.45) is 0 Å². The Bertz CT molecular complexity index is 608. The molecule has 0 saturated carbocycles. The predicted molar refractivity (Wildman–Crippen MR) is 128 cm³/mol. The maximum Gasteiger partial charge on any atom is -0.0253 e. The molecular formula is C25H32Cl2Zr-4. The van der Waals surface area contributed by atoms with Gasteiger partial charge in [-0.3, -0.25) is 6.08 Å². The summed E-state index contributed by atoms with van der Waals surface area (Å²) in [5.41, 5.74) is 5.51. The molecule has 0 spiro atoms. The van der Waals surface area contributed by atoms with Crippen LogP contribution in [-0.2, 0) is 30.7 Å². The molecule has 0 N–H and O–H groups in total. The van der Waals surface area contributed by atoms with Gasteiger partial charge in [-0.25, -0.2) is 12.2 Å². The van der Waals surface area contributed by atoms with Gasteiger partial charge in [0.05, 0.1) is 0 Å². The van der Waals surface area contributed by atoms with Crippen molar-refractivity contribution in [1.82, 2.24) is 0 Å². The molecule has 28 heavy (non-hydrogen) atoms. The molecule has 2 aromatic rings. The molecular weight excluding hydrogens is 462 g/mol. The second kappa shape index (κ2) is 22.5. The van der Waals surface area contributed by atoms with Gasteiger partial charge in [0, 0.05) is 0 Å². The molecule has 154 valence electrons. The van der Waals surface area contributed by atoms with Gasteiger partial charge < -0.3 is 12.8 Å². The molecule has 2 aromatic carbocycles. The largest absolute Gasteiger partial charge is 0.179 e. The number of rotatable bonds is 0. The fourth-order valence-corrected chi connectivity index (χ4v) is 2.34. The molecule has 0 atom stereocenters. The van der Waals surface area contributed by atoms with E-state index in [1.54, 1.807) is 0 Å². The first kappa shape index (κ1) is 31.9.